The van der Waals surface area contributed by atoms with Crippen molar-refractivity contribution in [2.75, 3.05) is 0 Å². The number of hydrogen-bond donors (Lipinski definition) is 0. The van der Waals surface area contributed by atoms with Crippen molar-refractivity contribution in [3.63, 3.8) is 0 Å². The second-order valence-corrected chi connectivity index (χ2v) is 2.37. The Labute approximate surface area is 74.4 Å². The van der Waals surface area contributed by atoms with Crippen molar-refractivity contribution in [3.05, 3.63) is 34.6 Å². The van der Waals surface area contributed by atoms with Crippen molar-refractivity contribution in [3.8, 4) is 17.9 Å². The maximum Gasteiger partial charge on any atom is 0.152 e. The van der Waals surface area contributed by atoms with Gasteiger partial charge < -0.3 is 0 Å². The molecule has 0 amide bonds. The van der Waals surface area contributed by atoms with Gasteiger partial charge in [0.25, 0.3) is 0 Å². The summed E-state index contributed by atoms with van der Waals surface area (Å²) in [5.74, 6) is 3.88. The van der Waals surface area contributed by atoms with Gasteiger partial charge in [-0.3, -0.25) is 0 Å². The number of hydrogen-bond acceptors (Lipinski definition) is 1. The number of benzene rings is 1. The zero-order chi connectivity index (χ0) is 8.97. The lowest BCUT2D eigenvalue weighted by molar-refractivity contribution is 0.624. The Bertz CT molecular complexity index is 375. The first-order chi connectivity index (χ1) is 5.75. The van der Waals surface area contributed by atoms with E-state index in [0.717, 1.165) is 0 Å². The van der Waals surface area contributed by atoms with E-state index in [9.17, 15) is 4.39 Å². The second-order valence-electron chi connectivity index (χ2n) is 1.96. The fourth-order valence-electron chi connectivity index (χ4n) is 0.708. The Kier molecular flexibility index (Phi) is 2.69. The summed E-state index contributed by atoms with van der Waals surface area (Å²) in [6, 6.07) is 5.83. The molecule has 3 heteroatoms. The van der Waals surface area contributed by atoms with E-state index in [4.69, 9.17) is 16.9 Å². The van der Waals surface area contributed by atoms with Crippen molar-refractivity contribution in [1.29, 1.82) is 5.26 Å². The maximum absolute atomic E-state index is 12.9. The largest absolute Gasteiger partial charge is 0.206 e. The Balaban J connectivity index is 3.24. The molecule has 0 heterocycles. The van der Waals surface area contributed by atoms with E-state index in [-0.39, 0.29) is 10.6 Å². The molecule has 0 aliphatic rings. The van der Waals surface area contributed by atoms with Crippen LogP contribution in [-0.4, -0.2) is 0 Å². The van der Waals surface area contributed by atoms with Crippen LogP contribution in [0.1, 0.15) is 5.56 Å². The zero-order valence-electron chi connectivity index (χ0n) is 5.94. The fraction of sp³-hybridized carbons (Fsp3) is 0. The summed E-state index contributed by atoms with van der Waals surface area (Å²) < 4.78 is 12.9. The molecule has 0 saturated carbocycles. The van der Waals surface area contributed by atoms with E-state index in [2.05, 4.69) is 11.8 Å². The molecule has 0 radical (unpaired) electrons. The van der Waals surface area contributed by atoms with Gasteiger partial charge in [0.2, 0.25) is 0 Å². The summed E-state index contributed by atoms with van der Waals surface area (Å²) >= 11 is 5.61. The van der Waals surface area contributed by atoms with Crippen molar-refractivity contribution < 1.29 is 4.39 Å². The molecule has 1 rings (SSSR count). The van der Waals surface area contributed by atoms with Gasteiger partial charge in [-0.1, -0.05) is 17.7 Å². The first-order valence-electron chi connectivity index (χ1n) is 3.10. The summed E-state index contributed by atoms with van der Waals surface area (Å²) in [6.07, 6.45) is 0. The van der Waals surface area contributed by atoms with Crippen LogP contribution in [0, 0.1) is 29.0 Å². The molecule has 58 valence electrons. The molecule has 0 spiro atoms. The molecule has 0 atom stereocenters. The van der Waals surface area contributed by atoms with Gasteiger partial charge in [-0.2, -0.15) is 5.26 Å². The van der Waals surface area contributed by atoms with Crippen LogP contribution in [0.15, 0.2) is 18.2 Å². The van der Waals surface area contributed by atoms with Crippen LogP contribution in [0.4, 0.5) is 4.39 Å². The Morgan fingerprint density at radius 1 is 1.42 bits per heavy atom. The van der Waals surface area contributed by atoms with Gasteiger partial charge in [0.05, 0.1) is 10.6 Å². The third-order valence-electron chi connectivity index (χ3n) is 1.21. The minimum absolute atomic E-state index is 0.0701. The molecular formula is C9H3ClFN. The van der Waals surface area contributed by atoms with Crippen molar-refractivity contribution >= 4 is 11.6 Å². The van der Waals surface area contributed by atoms with Crippen LogP contribution >= 0.6 is 11.6 Å². The highest BCUT2D eigenvalue weighted by Gasteiger charge is 2.01. The highest BCUT2D eigenvalue weighted by molar-refractivity contribution is 6.31. The first kappa shape index (κ1) is 8.59. The molecule has 0 unspecified atom stereocenters. The predicted molar refractivity (Wildman–Crippen MR) is 43.9 cm³/mol. The van der Waals surface area contributed by atoms with Crippen LogP contribution in [-0.2, 0) is 0 Å². The van der Waals surface area contributed by atoms with Crippen LogP contribution in [0.2, 0.25) is 5.02 Å². The predicted octanol–water partition coefficient (Wildman–Crippen LogP) is 2.35. The van der Waals surface area contributed by atoms with Crippen molar-refractivity contribution in [1.82, 2.24) is 0 Å². The van der Waals surface area contributed by atoms with Crippen LogP contribution in [0.25, 0.3) is 0 Å². The summed E-state index contributed by atoms with van der Waals surface area (Å²) in [7, 11) is 0. The molecule has 1 aromatic rings. The second kappa shape index (κ2) is 3.76. The standard InChI is InChI=1S/C9H3ClFN/c10-8-4-1-5-9(11)7(8)3-2-6-12/h1,4-5H. The highest BCUT2D eigenvalue weighted by Crippen LogP contribution is 2.17. The number of halogens is 2. The summed E-state index contributed by atoms with van der Waals surface area (Å²) in [6.45, 7) is 0. The van der Waals surface area contributed by atoms with E-state index in [0.29, 0.717) is 0 Å². The van der Waals surface area contributed by atoms with Gasteiger partial charge in [-0.05, 0) is 18.1 Å². The summed E-state index contributed by atoms with van der Waals surface area (Å²) in [5.41, 5.74) is 0.0701. The highest BCUT2D eigenvalue weighted by atomic mass is 35.5. The molecule has 0 aliphatic heterocycles. The van der Waals surface area contributed by atoms with Crippen LogP contribution in [0.5, 0.6) is 0 Å². The van der Waals surface area contributed by atoms with Gasteiger partial charge in [-0.15, -0.1) is 0 Å². The van der Waals surface area contributed by atoms with Gasteiger partial charge in [0, 0.05) is 5.92 Å². The molecule has 0 saturated heterocycles. The molecule has 1 aromatic carbocycles. The number of rotatable bonds is 0. The third-order valence-corrected chi connectivity index (χ3v) is 1.52. The summed E-state index contributed by atoms with van der Waals surface area (Å²) in [5, 5.41) is 8.34. The van der Waals surface area contributed by atoms with Crippen molar-refractivity contribution in [2.45, 2.75) is 0 Å². The van der Waals surface area contributed by atoms with Gasteiger partial charge in [0.15, 0.2) is 6.07 Å². The normalized spacial score (nSPS) is 8.08. The van der Waals surface area contributed by atoms with E-state index in [1.807, 2.05) is 0 Å². The average molecular weight is 180 g/mol. The number of nitriles is 1. The third kappa shape index (κ3) is 1.75. The topological polar surface area (TPSA) is 23.8 Å². The Hall–Kier alpha value is -1.51. The van der Waals surface area contributed by atoms with Crippen LogP contribution < -0.4 is 0 Å². The van der Waals surface area contributed by atoms with E-state index < -0.39 is 5.82 Å². The molecule has 1 nitrogen and oxygen atoms in total. The lowest BCUT2D eigenvalue weighted by Crippen LogP contribution is -1.83. The monoisotopic (exact) mass is 179 g/mol. The molecule has 0 bridgehead atoms. The first-order valence-corrected chi connectivity index (χ1v) is 3.47. The lowest BCUT2D eigenvalue weighted by Gasteiger charge is -1.94. The van der Waals surface area contributed by atoms with Gasteiger partial charge >= 0.3 is 0 Å². The van der Waals surface area contributed by atoms with E-state index >= 15 is 0 Å². The fourth-order valence-corrected chi connectivity index (χ4v) is 0.918. The number of nitrogens with zero attached hydrogens (tertiary/aromatic N) is 1. The maximum atomic E-state index is 12.9. The van der Waals surface area contributed by atoms with Gasteiger partial charge in [-0.25, -0.2) is 4.39 Å². The Morgan fingerprint density at radius 3 is 2.75 bits per heavy atom. The minimum Gasteiger partial charge on any atom is -0.206 e. The molecule has 0 fully saturated rings. The zero-order valence-corrected chi connectivity index (χ0v) is 6.69. The molecule has 0 aliphatic carbocycles. The Morgan fingerprint density at radius 2 is 2.17 bits per heavy atom. The van der Waals surface area contributed by atoms with E-state index in [1.54, 1.807) is 6.07 Å². The molecular weight excluding hydrogens is 177 g/mol. The van der Waals surface area contributed by atoms with Gasteiger partial charge in [0.1, 0.15) is 5.82 Å². The average Bonchev–Trinajstić information content (AvgIpc) is 2.04. The van der Waals surface area contributed by atoms with Crippen molar-refractivity contribution in [2.24, 2.45) is 0 Å². The lowest BCUT2D eigenvalue weighted by atomic mass is 10.2. The molecule has 0 N–H and O–H groups in total. The quantitative estimate of drug-likeness (QED) is 0.561. The minimum atomic E-state index is -0.509. The van der Waals surface area contributed by atoms with Crippen LogP contribution in [0.3, 0.4) is 0 Å². The summed E-state index contributed by atoms with van der Waals surface area (Å²) in [4.78, 5) is 0. The van der Waals surface area contributed by atoms with E-state index in [1.165, 1.54) is 18.2 Å². The molecule has 0 aromatic heterocycles. The SMILES string of the molecule is N#CC#Cc1c(F)cccc1Cl. The smallest absolute Gasteiger partial charge is 0.152 e. The molecule has 12 heavy (non-hydrogen) atoms.